The van der Waals surface area contributed by atoms with E-state index in [1.165, 1.54) is 6.92 Å². The zero-order valence-corrected chi connectivity index (χ0v) is 13.6. The fourth-order valence-corrected chi connectivity index (χ4v) is 1.68. The van der Waals surface area contributed by atoms with Crippen LogP contribution in [-0.4, -0.2) is 44.0 Å². The third kappa shape index (κ3) is 9.36. The van der Waals surface area contributed by atoms with Crippen LogP contribution in [0, 0.1) is 0 Å². The Balaban J connectivity index is 2.09. The van der Waals surface area contributed by atoms with E-state index >= 15 is 0 Å². The molecule has 0 spiro atoms. The van der Waals surface area contributed by atoms with E-state index in [9.17, 15) is 14.4 Å². The number of rotatable bonds is 9. The molecule has 0 unspecified atom stereocenters. The molecule has 0 bridgehead atoms. The van der Waals surface area contributed by atoms with Crippen molar-refractivity contribution in [2.75, 3.05) is 26.2 Å². The zero-order valence-electron chi connectivity index (χ0n) is 12.9. The van der Waals surface area contributed by atoms with Crippen LogP contribution in [0.3, 0.4) is 0 Å². The molecule has 0 radical (unpaired) electrons. The highest BCUT2D eigenvalue weighted by Crippen LogP contribution is 2.15. The van der Waals surface area contributed by atoms with Crippen molar-refractivity contribution >= 4 is 29.3 Å². The summed E-state index contributed by atoms with van der Waals surface area (Å²) >= 11 is 5.74. The molecule has 0 aliphatic heterocycles. The first-order chi connectivity index (χ1) is 11.0. The third-order valence-corrected chi connectivity index (χ3v) is 2.93. The summed E-state index contributed by atoms with van der Waals surface area (Å²) in [5.74, 6) is -0.280. The number of carbonyl (C=O) groups is 3. The van der Waals surface area contributed by atoms with Crippen LogP contribution < -0.4 is 20.7 Å². The lowest BCUT2D eigenvalue weighted by Gasteiger charge is -2.08. The van der Waals surface area contributed by atoms with Crippen LogP contribution in [0.1, 0.15) is 13.3 Å². The number of carbonyl (C=O) groups excluding carboxylic acids is 3. The average molecular weight is 342 g/mol. The Hall–Kier alpha value is -2.28. The van der Waals surface area contributed by atoms with Crippen molar-refractivity contribution in [3.05, 3.63) is 29.3 Å². The van der Waals surface area contributed by atoms with Crippen molar-refractivity contribution in [3.63, 3.8) is 0 Å². The van der Waals surface area contributed by atoms with E-state index < -0.39 is 5.91 Å². The van der Waals surface area contributed by atoms with Crippen LogP contribution in [0.2, 0.25) is 5.02 Å². The van der Waals surface area contributed by atoms with Gasteiger partial charge in [0.05, 0.1) is 6.54 Å². The Morgan fingerprint density at radius 1 is 1.00 bits per heavy atom. The molecule has 8 heteroatoms. The van der Waals surface area contributed by atoms with Gasteiger partial charge in [0, 0.05) is 25.0 Å². The third-order valence-electron chi connectivity index (χ3n) is 2.68. The number of benzene rings is 1. The Morgan fingerprint density at radius 2 is 1.65 bits per heavy atom. The average Bonchev–Trinajstić information content (AvgIpc) is 2.51. The van der Waals surface area contributed by atoms with Gasteiger partial charge in [0.25, 0.3) is 5.91 Å². The van der Waals surface area contributed by atoms with Gasteiger partial charge < -0.3 is 20.7 Å². The van der Waals surface area contributed by atoms with Gasteiger partial charge >= 0.3 is 0 Å². The molecule has 0 saturated heterocycles. The SMILES string of the molecule is CC(=O)NCCCNC(=O)CNC(=O)COc1ccc(Cl)cc1. The molecule has 0 aliphatic carbocycles. The van der Waals surface area contributed by atoms with Gasteiger partial charge in [0.1, 0.15) is 5.75 Å². The van der Waals surface area contributed by atoms with Crippen LogP contribution in [-0.2, 0) is 14.4 Å². The Morgan fingerprint density at radius 3 is 2.30 bits per heavy atom. The van der Waals surface area contributed by atoms with Gasteiger partial charge in [-0.15, -0.1) is 0 Å². The predicted octanol–water partition coefficient (Wildman–Crippen LogP) is 0.477. The van der Waals surface area contributed by atoms with Crippen molar-refractivity contribution < 1.29 is 19.1 Å². The highest BCUT2D eigenvalue weighted by molar-refractivity contribution is 6.30. The molecule has 1 rings (SSSR count). The van der Waals surface area contributed by atoms with Crippen LogP contribution in [0.4, 0.5) is 0 Å². The van der Waals surface area contributed by atoms with Crippen LogP contribution in [0.25, 0.3) is 0 Å². The molecule has 3 amide bonds. The van der Waals surface area contributed by atoms with E-state index in [1.807, 2.05) is 0 Å². The molecule has 1 aromatic carbocycles. The van der Waals surface area contributed by atoms with Gasteiger partial charge in [-0.1, -0.05) is 11.6 Å². The first-order valence-corrected chi connectivity index (χ1v) is 7.51. The molecule has 0 aliphatic rings. The van der Waals surface area contributed by atoms with Crippen LogP contribution >= 0.6 is 11.6 Å². The molecule has 0 aromatic heterocycles. The van der Waals surface area contributed by atoms with Gasteiger partial charge in [-0.2, -0.15) is 0 Å². The number of amides is 3. The van der Waals surface area contributed by atoms with Crippen molar-refractivity contribution in [2.45, 2.75) is 13.3 Å². The Bertz CT molecular complexity index is 534. The maximum absolute atomic E-state index is 11.5. The summed E-state index contributed by atoms with van der Waals surface area (Å²) in [4.78, 5) is 33.7. The number of nitrogens with one attached hydrogen (secondary N) is 3. The molecule has 0 fully saturated rings. The molecule has 7 nitrogen and oxygen atoms in total. The summed E-state index contributed by atoms with van der Waals surface area (Å²) in [7, 11) is 0. The van der Waals surface area contributed by atoms with Gasteiger partial charge in [0.2, 0.25) is 11.8 Å². The number of hydrogen-bond donors (Lipinski definition) is 3. The summed E-state index contributed by atoms with van der Waals surface area (Å²) in [5, 5.41) is 8.28. The second-order valence-corrected chi connectivity index (χ2v) is 5.14. The van der Waals surface area contributed by atoms with E-state index in [2.05, 4.69) is 16.0 Å². The molecule has 0 atom stereocenters. The lowest BCUT2D eigenvalue weighted by Crippen LogP contribution is -2.39. The molecule has 1 aromatic rings. The fourth-order valence-electron chi connectivity index (χ4n) is 1.55. The highest BCUT2D eigenvalue weighted by Gasteiger charge is 2.06. The number of halogens is 1. The highest BCUT2D eigenvalue weighted by atomic mass is 35.5. The fraction of sp³-hybridized carbons (Fsp3) is 0.400. The minimum atomic E-state index is -0.395. The summed E-state index contributed by atoms with van der Waals surface area (Å²) in [6.07, 6.45) is 0.624. The molecule has 3 N–H and O–H groups in total. The van der Waals surface area contributed by atoms with Gasteiger partial charge in [-0.05, 0) is 30.7 Å². The maximum Gasteiger partial charge on any atom is 0.258 e. The second kappa shape index (κ2) is 10.4. The minimum Gasteiger partial charge on any atom is -0.484 e. The first-order valence-electron chi connectivity index (χ1n) is 7.13. The van der Waals surface area contributed by atoms with Crippen molar-refractivity contribution in [1.82, 2.24) is 16.0 Å². The molecular weight excluding hydrogens is 322 g/mol. The molecule has 126 valence electrons. The van der Waals surface area contributed by atoms with Crippen LogP contribution in [0.15, 0.2) is 24.3 Å². The first kappa shape index (κ1) is 18.8. The summed E-state index contributed by atoms with van der Waals surface area (Å²) < 4.78 is 5.25. The van der Waals surface area contributed by atoms with E-state index in [0.717, 1.165) is 0 Å². The Labute approximate surface area is 139 Å². The van der Waals surface area contributed by atoms with Crippen LogP contribution in [0.5, 0.6) is 5.75 Å². The molecule has 0 saturated carbocycles. The lowest BCUT2D eigenvalue weighted by atomic mass is 10.3. The quantitative estimate of drug-likeness (QED) is 0.569. The van der Waals surface area contributed by atoms with E-state index in [1.54, 1.807) is 24.3 Å². The minimum absolute atomic E-state index is 0.107. The van der Waals surface area contributed by atoms with Gasteiger partial charge in [0.15, 0.2) is 6.61 Å². The van der Waals surface area contributed by atoms with Gasteiger partial charge in [-0.25, -0.2) is 0 Å². The van der Waals surface area contributed by atoms with Crippen molar-refractivity contribution in [1.29, 1.82) is 0 Å². The topological polar surface area (TPSA) is 96.5 Å². The van der Waals surface area contributed by atoms with Crippen molar-refractivity contribution in [3.8, 4) is 5.75 Å². The molecule has 23 heavy (non-hydrogen) atoms. The zero-order chi connectivity index (χ0) is 17.1. The van der Waals surface area contributed by atoms with E-state index in [0.29, 0.717) is 30.3 Å². The van der Waals surface area contributed by atoms with Gasteiger partial charge in [-0.3, -0.25) is 14.4 Å². The van der Waals surface area contributed by atoms with E-state index in [4.69, 9.17) is 16.3 Å². The van der Waals surface area contributed by atoms with E-state index in [-0.39, 0.29) is 25.0 Å². The standard InChI is InChI=1S/C15H20ClN3O4/c1-11(20)17-7-2-8-18-14(21)9-19-15(22)10-23-13-5-3-12(16)4-6-13/h3-6H,2,7-10H2,1H3,(H,17,20)(H,18,21)(H,19,22). The summed E-state index contributed by atoms with van der Waals surface area (Å²) in [5.41, 5.74) is 0. The molecule has 0 heterocycles. The smallest absolute Gasteiger partial charge is 0.258 e. The summed E-state index contributed by atoms with van der Waals surface area (Å²) in [6.45, 7) is 2.05. The molecular formula is C15H20ClN3O4. The number of hydrogen-bond acceptors (Lipinski definition) is 4. The normalized spacial score (nSPS) is 9.83. The monoisotopic (exact) mass is 341 g/mol. The second-order valence-electron chi connectivity index (χ2n) is 4.71. The maximum atomic E-state index is 11.5. The number of ether oxygens (including phenoxy) is 1. The predicted molar refractivity (Wildman–Crippen MR) is 86.3 cm³/mol. The largest absolute Gasteiger partial charge is 0.484 e. The lowest BCUT2D eigenvalue weighted by molar-refractivity contribution is -0.127. The summed E-state index contributed by atoms with van der Waals surface area (Å²) in [6, 6.07) is 6.61. The Kier molecular flexibility index (Phi) is 8.52. The van der Waals surface area contributed by atoms with Crippen molar-refractivity contribution in [2.24, 2.45) is 0 Å².